The monoisotopic (exact) mass is 653 g/mol. The Kier molecular flexibility index (Phi) is 13.6. The molecular formula is C39H59NO7. The van der Waals surface area contributed by atoms with E-state index in [1.165, 1.54) is 20.1 Å². The van der Waals surface area contributed by atoms with Crippen molar-refractivity contribution < 1.29 is 33.6 Å². The molecule has 1 amide bonds. The highest BCUT2D eigenvalue weighted by Gasteiger charge is 2.49. The van der Waals surface area contributed by atoms with Crippen molar-refractivity contribution in [1.82, 2.24) is 5.32 Å². The standard InChI is InChI=1S/C39H59NO7/c1-24(13-12-14-35(43)45-11)19-20-39(9)30(17-18-32-33(39)22-31(44-10)23-34(32)42)21-25(2)15-16-26(3)36-27(4)37(28(5)40-29(6)41)47-38(7,8)46-36/h12-21,26-28,30-34,36-37,42H,22-23H2,1-11H3,(H,40,41)/b14-12+,16-15+,20-19+,24-13-,25-21+/t26-,27+,28-,30-,31+,32-,33-,34+,36-,37+,39+/m1/s1. The van der Waals surface area contributed by atoms with E-state index in [0.717, 1.165) is 17.6 Å². The van der Waals surface area contributed by atoms with Crippen molar-refractivity contribution >= 4 is 11.9 Å². The highest BCUT2D eigenvalue weighted by molar-refractivity contribution is 5.82. The van der Waals surface area contributed by atoms with Gasteiger partial charge in [0.15, 0.2) is 5.79 Å². The van der Waals surface area contributed by atoms with Crippen molar-refractivity contribution in [1.29, 1.82) is 0 Å². The number of hydrogen-bond donors (Lipinski definition) is 2. The van der Waals surface area contributed by atoms with E-state index in [-0.39, 0.29) is 65.3 Å². The number of carbonyl (C=O) groups excluding carboxylic acids is 2. The first-order valence-corrected chi connectivity index (χ1v) is 17.0. The number of esters is 1. The molecule has 1 saturated carbocycles. The Bertz CT molecular complexity index is 1280. The molecule has 3 aliphatic rings. The van der Waals surface area contributed by atoms with Gasteiger partial charge in [-0.05, 0) is 52.4 Å². The van der Waals surface area contributed by atoms with Crippen molar-refractivity contribution in [2.75, 3.05) is 14.2 Å². The number of amides is 1. The fourth-order valence-corrected chi connectivity index (χ4v) is 7.62. The first-order valence-electron chi connectivity index (χ1n) is 17.0. The molecule has 47 heavy (non-hydrogen) atoms. The van der Waals surface area contributed by atoms with E-state index in [2.05, 4.69) is 75.5 Å². The van der Waals surface area contributed by atoms with E-state index in [1.807, 2.05) is 33.8 Å². The lowest BCUT2D eigenvalue weighted by molar-refractivity contribution is -0.327. The van der Waals surface area contributed by atoms with E-state index in [4.69, 9.17) is 18.9 Å². The van der Waals surface area contributed by atoms with Crippen molar-refractivity contribution in [2.24, 2.45) is 35.0 Å². The first-order chi connectivity index (χ1) is 22.0. The molecular weight excluding hydrogens is 594 g/mol. The highest BCUT2D eigenvalue weighted by atomic mass is 16.7. The molecule has 0 unspecified atom stereocenters. The summed E-state index contributed by atoms with van der Waals surface area (Å²) in [5, 5.41) is 14.1. The third-order valence-electron chi connectivity index (χ3n) is 10.2. The summed E-state index contributed by atoms with van der Waals surface area (Å²) in [4.78, 5) is 23.3. The van der Waals surface area contributed by atoms with Gasteiger partial charge in [-0.25, -0.2) is 4.79 Å². The predicted molar refractivity (Wildman–Crippen MR) is 186 cm³/mol. The van der Waals surface area contributed by atoms with Crippen molar-refractivity contribution in [3.05, 3.63) is 71.9 Å². The molecule has 262 valence electrons. The van der Waals surface area contributed by atoms with E-state index in [9.17, 15) is 14.7 Å². The van der Waals surface area contributed by atoms with Gasteiger partial charge in [-0.2, -0.15) is 0 Å². The Morgan fingerprint density at radius 1 is 0.979 bits per heavy atom. The molecule has 1 saturated heterocycles. The van der Waals surface area contributed by atoms with E-state index < -0.39 is 17.9 Å². The van der Waals surface area contributed by atoms with Crippen LogP contribution in [0.5, 0.6) is 0 Å². The second-order valence-corrected chi connectivity index (χ2v) is 14.5. The summed E-state index contributed by atoms with van der Waals surface area (Å²) < 4.78 is 23.2. The van der Waals surface area contributed by atoms with Crippen LogP contribution < -0.4 is 5.32 Å². The van der Waals surface area contributed by atoms with Crippen LogP contribution in [-0.4, -0.2) is 67.4 Å². The topological polar surface area (TPSA) is 103 Å². The third-order valence-corrected chi connectivity index (χ3v) is 10.2. The maximum absolute atomic E-state index is 11.8. The summed E-state index contributed by atoms with van der Waals surface area (Å²) in [5.41, 5.74) is 1.85. The van der Waals surface area contributed by atoms with Gasteiger partial charge in [0.1, 0.15) is 0 Å². The number of hydrogen-bond acceptors (Lipinski definition) is 7. The van der Waals surface area contributed by atoms with Crippen molar-refractivity contribution in [3.63, 3.8) is 0 Å². The summed E-state index contributed by atoms with van der Waals surface area (Å²) in [6.07, 6.45) is 21.3. The molecule has 0 aromatic rings. The van der Waals surface area contributed by atoms with Gasteiger partial charge in [-0.15, -0.1) is 0 Å². The first kappa shape index (κ1) is 38.7. The molecule has 0 aromatic heterocycles. The second kappa shape index (κ2) is 16.6. The van der Waals surface area contributed by atoms with Gasteiger partial charge < -0.3 is 29.4 Å². The zero-order valence-electron chi connectivity index (χ0n) is 30.4. The Hall–Kier alpha value is -2.78. The van der Waals surface area contributed by atoms with Crippen LogP contribution in [0, 0.1) is 35.0 Å². The lowest BCUT2D eigenvalue weighted by Gasteiger charge is -2.51. The van der Waals surface area contributed by atoms with Crippen LogP contribution in [0.3, 0.4) is 0 Å². The fraction of sp³-hybridized carbons (Fsp3) is 0.641. The summed E-state index contributed by atoms with van der Waals surface area (Å²) in [6.45, 7) is 18.1. The quantitative estimate of drug-likeness (QED) is 0.112. The SMILES string of the molecule is COC(=O)/C=C/C=C(C)\C=C\[C@@]1(C)[C@@H](/C=C(C)/C=C/[C@@H](C)[C@H]2OC(C)(C)O[C@H]([C@@H](C)NC(C)=O)[C@H]2C)C=C[C@@H]2[C@H]1C[C@H](OC)C[C@@H]2O. The summed E-state index contributed by atoms with van der Waals surface area (Å²) in [5.74, 6) is -0.774. The molecule has 1 heterocycles. The minimum Gasteiger partial charge on any atom is -0.466 e. The van der Waals surface area contributed by atoms with Crippen LogP contribution in [0.4, 0.5) is 0 Å². The fourth-order valence-electron chi connectivity index (χ4n) is 7.62. The number of fused-ring (bicyclic) bond motifs is 1. The van der Waals surface area contributed by atoms with Crippen LogP contribution in [-0.2, 0) is 28.5 Å². The van der Waals surface area contributed by atoms with Crippen molar-refractivity contribution in [2.45, 2.75) is 111 Å². The Morgan fingerprint density at radius 3 is 2.30 bits per heavy atom. The van der Waals surface area contributed by atoms with Crippen LogP contribution >= 0.6 is 0 Å². The second-order valence-electron chi connectivity index (χ2n) is 14.5. The van der Waals surface area contributed by atoms with Gasteiger partial charge >= 0.3 is 5.97 Å². The average molecular weight is 654 g/mol. The van der Waals surface area contributed by atoms with Gasteiger partial charge in [0.05, 0.1) is 37.6 Å². The molecule has 0 spiro atoms. The maximum Gasteiger partial charge on any atom is 0.330 e. The van der Waals surface area contributed by atoms with E-state index in [1.54, 1.807) is 13.2 Å². The molecule has 8 heteroatoms. The van der Waals surface area contributed by atoms with Gasteiger partial charge in [-0.1, -0.05) is 86.6 Å². The molecule has 2 N–H and O–H groups in total. The molecule has 0 aromatic carbocycles. The number of ether oxygens (including phenoxy) is 4. The maximum atomic E-state index is 11.8. The van der Waals surface area contributed by atoms with Crippen LogP contribution in [0.15, 0.2) is 71.9 Å². The van der Waals surface area contributed by atoms with Crippen LogP contribution in [0.2, 0.25) is 0 Å². The number of nitrogens with one attached hydrogen (secondary N) is 1. The molecule has 8 nitrogen and oxygen atoms in total. The Balaban J connectivity index is 1.89. The zero-order chi connectivity index (χ0) is 35.1. The highest BCUT2D eigenvalue weighted by Crippen LogP contribution is 2.53. The minimum absolute atomic E-state index is 0.000482. The Labute approximate surface area is 283 Å². The number of aliphatic hydroxyl groups is 1. The molecule has 0 radical (unpaired) electrons. The van der Waals surface area contributed by atoms with Crippen LogP contribution in [0.1, 0.15) is 75.2 Å². The normalized spacial score (nSPS) is 36.0. The van der Waals surface area contributed by atoms with E-state index >= 15 is 0 Å². The Morgan fingerprint density at radius 2 is 1.66 bits per heavy atom. The molecule has 11 atom stereocenters. The molecule has 3 rings (SSSR count). The lowest BCUT2D eigenvalue weighted by Crippen LogP contribution is -2.58. The number of methoxy groups -OCH3 is 2. The lowest BCUT2D eigenvalue weighted by atomic mass is 9.55. The number of carbonyl (C=O) groups is 2. The van der Waals surface area contributed by atoms with Gasteiger partial charge in [-0.3, -0.25) is 4.79 Å². The largest absolute Gasteiger partial charge is 0.466 e. The summed E-state index contributed by atoms with van der Waals surface area (Å²) >= 11 is 0. The number of aliphatic hydroxyl groups excluding tert-OH is 1. The zero-order valence-corrected chi connectivity index (χ0v) is 30.4. The third kappa shape index (κ3) is 10.1. The smallest absolute Gasteiger partial charge is 0.330 e. The van der Waals surface area contributed by atoms with E-state index in [0.29, 0.717) is 6.42 Å². The molecule has 1 aliphatic heterocycles. The molecule has 2 fully saturated rings. The average Bonchev–Trinajstić information content (AvgIpc) is 3.00. The molecule has 2 aliphatic carbocycles. The van der Waals surface area contributed by atoms with Gasteiger partial charge in [0, 0.05) is 50.2 Å². The number of allylic oxidation sites excluding steroid dienone is 9. The van der Waals surface area contributed by atoms with Crippen LogP contribution in [0.25, 0.3) is 0 Å². The number of rotatable bonds is 11. The predicted octanol–water partition coefficient (Wildman–Crippen LogP) is 6.63. The van der Waals surface area contributed by atoms with Crippen molar-refractivity contribution in [3.8, 4) is 0 Å². The summed E-state index contributed by atoms with van der Waals surface area (Å²) in [7, 11) is 3.09. The molecule has 0 bridgehead atoms. The minimum atomic E-state index is -0.772. The van der Waals surface area contributed by atoms with Gasteiger partial charge in [0.25, 0.3) is 0 Å². The van der Waals surface area contributed by atoms with Gasteiger partial charge in [0.2, 0.25) is 5.91 Å². The summed E-state index contributed by atoms with van der Waals surface area (Å²) in [6, 6.07) is -0.142.